The Morgan fingerprint density at radius 2 is 2.07 bits per heavy atom. The van der Waals surface area contributed by atoms with Crippen LogP contribution < -0.4 is 0 Å². The van der Waals surface area contributed by atoms with Gasteiger partial charge in [0.1, 0.15) is 5.82 Å². The predicted octanol–water partition coefficient (Wildman–Crippen LogP) is 2.66. The van der Waals surface area contributed by atoms with Gasteiger partial charge in [-0.15, -0.1) is 0 Å². The zero-order chi connectivity index (χ0) is 11.4. The average molecular weight is 210 g/mol. The van der Waals surface area contributed by atoms with Crippen LogP contribution in [0.1, 0.15) is 27.9 Å². The zero-order valence-corrected chi connectivity index (χ0v) is 9.26. The highest BCUT2D eigenvalue weighted by Gasteiger charge is 2.14. The van der Waals surface area contributed by atoms with Crippen molar-refractivity contribution in [3.8, 4) is 0 Å². The number of rotatable bonds is 4. The molecule has 1 aromatic carbocycles. The van der Waals surface area contributed by atoms with Gasteiger partial charge in [0.25, 0.3) is 0 Å². The minimum atomic E-state index is -0.436. The van der Waals surface area contributed by atoms with E-state index in [0.717, 1.165) is 5.56 Å². The molecule has 0 aromatic heterocycles. The second kappa shape index (κ2) is 5.03. The summed E-state index contributed by atoms with van der Waals surface area (Å²) in [6, 6.07) is 3.19. The summed E-state index contributed by atoms with van der Waals surface area (Å²) in [5.41, 5.74) is 1.71. The summed E-state index contributed by atoms with van der Waals surface area (Å²) in [5.74, 6) is -0.638. The standard InChI is InChI=1S/C12H15FO2/c1-8-6-9(2)12(10(13)7-8)11(14)4-5-15-3/h6-7H,4-5H2,1-3H3. The predicted molar refractivity (Wildman–Crippen MR) is 56.7 cm³/mol. The van der Waals surface area contributed by atoms with E-state index in [2.05, 4.69) is 0 Å². The Labute approximate surface area is 89.1 Å². The number of ether oxygens (including phenoxy) is 1. The van der Waals surface area contributed by atoms with Gasteiger partial charge >= 0.3 is 0 Å². The van der Waals surface area contributed by atoms with Gasteiger partial charge in [-0.25, -0.2) is 4.39 Å². The number of hydrogen-bond acceptors (Lipinski definition) is 2. The lowest BCUT2D eigenvalue weighted by atomic mass is 10.00. The van der Waals surface area contributed by atoms with Crippen LogP contribution in [0.4, 0.5) is 4.39 Å². The topological polar surface area (TPSA) is 26.3 Å². The fraction of sp³-hybridized carbons (Fsp3) is 0.417. The van der Waals surface area contributed by atoms with E-state index < -0.39 is 5.82 Å². The molecular weight excluding hydrogens is 195 g/mol. The van der Waals surface area contributed by atoms with Crippen LogP contribution in [0.3, 0.4) is 0 Å². The molecule has 0 heterocycles. The van der Waals surface area contributed by atoms with E-state index in [1.54, 1.807) is 13.8 Å². The Morgan fingerprint density at radius 3 is 2.60 bits per heavy atom. The number of methoxy groups -OCH3 is 1. The monoisotopic (exact) mass is 210 g/mol. The number of carbonyl (C=O) groups excluding carboxylic acids is 1. The Morgan fingerprint density at radius 1 is 1.40 bits per heavy atom. The molecule has 2 nitrogen and oxygen atoms in total. The third-order valence-corrected chi connectivity index (χ3v) is 2.24. The van der Waals surface area contributed by atoms with Crippen molar-refractivity contribution in [3.05, 3.63) is 34.6 Å². The molecule has 15 heavy (non-hydrogen) atoms. The molecule has 3 heteroatoms. The van der Waals surface area contributed by atoms with Crippen molar-refractivity contribution in [2.75, 3.05) is 13.7 Å². The molecule has 0 N–H and O–H groups in total. The number of carbonyl (C=O) groups is 1. The van der Waals surface area contributed by atoms with Crippen LogP contribution in [0.15, 0.2) is 12.1 Å². The van der Waals surface area contributed by atoms with Crippen LogP contribution in [0.2, 0.25) is 0 Å². The van der Waals surface area contributed by atoms with E-state index in [1.807, 2.05) is 6.07 Å². The fourth-order valence-electron chi connectivity index (χ4n) is 1.59. The largest absolute Gasteiger partial charge is 0.384 e. The number of halogens is 1. The normalized spacial score (nSPS) is 10.4. The number of aryl methyl sites for hydroxylation is 2. The molecule has 0 saturated heterocycles. The van der Waals surface area contributed by atoms with E-state index in [4.69, 9.17) is 4.74 Å². The van der Waals surface area contributed by atoms with Crippen molar-refractivity contribution < 1.29 is 13.9 Å². The summed E-state index contributed by atoms with van der Waals surface area (Å²) in [5, 5.41) is 0. The second-order valence-corrected chi connectivity index (χ2v) is 3.60. The zero-order valence-electron chi connectivity index (χ0n) is 9.26. The Balaban J connectivity index is 2.98. The van der Waals surface area contributed by atoms with Crippen molar-refractivity contribution in [1.82, 2.24) is 0 Å². The summed E-state index contributed by atoms with van der Waals surface area (Å²) in [6.45, 7) is 3.88. The Kier molecular flexibility index (Phi) is 3.97. The van der Waals surface area contributed by atoms with E-state index in [1.165, 1.54) is 13.2 Å². The molecule has 0 saturated carbocycles. The summed E-state index contributed by atoms with van der Waals surface area (Å²) >= 11 is 0. The molecule has 0 aliphatic rings. The maximum atomic E-state index is 13.5. The average Bonchev–Trinajstić information content (AvgIpc) is 2.12. The van der Waals surface area contributed by atoms with Gasteiger partial charge in [-0.05, 0) is 31.0 Å². The number of hydrogen-bond donors (Lipinski definition) is 0. The smallest absolute Gasteiger partial charge is 0.168 e. The first-order chi connectivity index (χ1) is 7.06. The van der Waals surface area contributed by atoms with Crippen LogP contribution in [0.25, 0.3) is 0 Å². The van der Waals surface area contributed by atoms with E-state index >= 15 is 0 Å². The van der Waals surface area contributed by atoms with Gasteiger partial charge in [-0.2, -0.15) is 0 Å². The molecule has 82 valence electrons. The van der Waals surface area contributed by atoms with Crippen LogP contribution in [-0.4, -0.2) is 19.5 Å². The summed E-state index contributed by atoms with van der Waals surface area (Å²) in [6.07, 6.45) is 0.220. The van der Waals surface area contributed by atoms with Gasteiger partial charge in [0.15, 0.2) is 5.78 Å². The molecular formula is C12H15FO2. The Hall–Kier alpha value is -1.22. The highest BCUT2D eigenvalue weighted by molar-refractivity contribution is 5.97. The fourth-order valence-corrected chi connectivity index (χ4v) is 1.59. The molecule has 1 aromatic rings. The van der Waals surface area contributed by atoms with Gasteiger partial charge in [0.05, 0.1) is 12.2 Å². The number of benzene rings is 1. The molecule has 0 atom stereocenters. The van der Waals surface area contributed by atoms with Gasteiger partial charge in [-0.1, -0.05) is 6.07 Å². The minimum Gasteiger partial charge on any atom is -0.384 e. The van der Waals surface area contributed by atoms with Gasteiger partial charge in [-0.3, -0.25) is 4.79 Å². The van der Waals surface area contributed by atoms with E-state index in [0.29, 0.717) is 12.2 Å². The highest BCUT2D eigenvalue weighted by Crippen LogP contribution is 2.17. The first-order valence-corrected chi connectivity index (χ1v) is 4.85. The molecule has 0 spiro atoms. The van der Waals surface area contributed by atoms with Crippen LogP contribution in [-0.2, 0) is 4.74 Å². The SMILES string of the molecule is COCCC(=O)c1c(C)cc(C)cc1F. The third-order valence-electron chi connectivity index (χ3n) is 2.24. The Bertz CT molecular complexity index is 349. The van der Waals surface area contributed by atoms with Crippen molar-refractivity contribution in [3.63, 3.8) is 0 Å². The van der Waals surface area contributed by atoms with Gasteiger partial charge in [0, 0.05) is 13.5 Å². The number of Topliss-reactive ketones (excluding diaryl/α,β-unsaturated/α-hetero) is 1. The molecule has 0 aliphatic carbocycles. The summed E-state index contributed by atoms with van der Waals surface area (Å²) in [4.78, 5) is 11.6. The molecule has 0 unspecified atom stereocenters. The summed E-state index contributed by atoms with van der Waals surface area (Å²) < 4.78 is 18.3. The van der Waals surface area contributed by atoms with E-state index in [9.17, 15) is 9.18 Å². The summed E-state index contributed by atoms with van der Waals surface area (Å²) in [7, 11) is 1.52. The van der Waals surface area contributed by atoms with Crippen molar-refractivity contribution >= 4 is 5.78 Å². The maximum absolute atomic E-state index is 13.5. The maximum Gasteiger partial charge on any atom is 0.168 e. The lowest BCUT2D eigenvalue weighted by molar-refractivity contribution is 0.0927. The third kappa shape index (κ3) is 2.86. The first kappa shape index (κ1) is 11.9. The van der Waals surface area contributed by atoms with Crippen LogP contribution in [0, 0.1) is 19.7 Å². The van der Waals surface area contributed by atoms with Crippen molar-refractivity contribution in [2.45, 2.75) is 20.3 Å². The number of ketones is 1. The molecule has 0 fully saturated rings. The van der Waals surface area contributed by atoms with Crippen molar-refractivity contribution in [1.29, 1.82) is 0 Å². The van der Waals surface area contributed by atoms with Gasteiger partial charge < -0.3 is 4.74 Å². The molecule has 0 aliphatic heterocycles. The first-order valence-electron chi connectivity index (χ1n) is 4.85. The van der Waals surface area contributed by atoms with E-state index in [-0.39, 0.29) is 17.8 Å². The molecule has 0 amide bonds. The lowest BCUT2D eigenvalue weighted by Crippen LogP contribution is -2.08. The highest BCUT2D eigenvalue weighted by atomic mass is 19.1. The molecule has 0 radical (unpaired) electrons. The van der Waals surface area contributed by atoms with Crippen LogP contribution >= 0.6 is 0 Å². The second-order valence-electron chi connectivity index (χ2n) is 3.60. The van der Waals surface area contributed by atoms with Gasteiger partial charge in [0.2, 0.25) is 0 Å². The quantitative estimate of drug-likeness (QED) is 0.714. The minimum absolute atomic E-state index is 0.192. The van der Waals surface area contributed by atoms with Crippen LogP contribution in [0.5, 0.6) is 0 Å². The molecule has 0 bridgehead atoms. The van der Waals surface area contributed by atoms with Crippen molar-refractivity contribution in [2.24, 2.45) is 0 Å². The molecule has 1 rings (SSSR count). The lowest BCUT2D eigenvalue weighted by Gasteiger charge is -2.07.